The van der Waals surface area contributed by atoms with E-state index in [-0.39, 0.29) is 64.4 Å². The van der Waals surface area contributed by atoms with Crippen LogP contribution in [0.5, 0.6) is 5.75 Å². The molecule has 184 valence electrons. The zero-order valence-electron chi connectivity index (χ0n) is 20.6. The summed E-state index contributed by atoms with van der Waals surface area (Å²) in [5.41, 5.74) is 4.94. The van der Waals surface area contributed by atoms with Gasteiger partial charge >= 0.3 is 0 Å². The number of pyridine rings is 1. The van der Waals surface area contributed by atoms with Gasteiger partial charge in [-0.25, -0.2) is 17.7 Å². The van der Waals surface area contributed by atoms with E-state index in [1.807, 2.05) is 70.2 Å². The summed E-state index contributed by atoms with van der Waals surface area (Å²) in [5, 5.41) is 9.34. The van der Waals surface area contributed by atoms with Gasteiger partial charge in [0, 0.05) is 84.5 Å². The van der Waals surface area contributed by atoms with E-state index < -0.39 is 0 Å². The molecule has 1 N–H and O–H groups in total. The number of ketones is 1. The SMILES string of the molecule is CC(C)CC(=O)/C=C(\O)CC(C)C.[Ir].[Y].[c-]1ccccc1-c1[c-]c[c-]c2c1COc1cccnc1-2. The molecule has 0 spiro atoms. The summed E-state index contributed by atoms with van der Waals surface area (Å²) >= 11 is 0. The molecule has 0 atom stereocenters. The molecule has 2 radical (unpaired) electrons. The molecule has 1 aliphatic heterocycles. The van der Waals surface area contributed by atoms with Gasteiger partial charge in [-0.3, -0.25) is 21.9 Å². The van der Waals surface area contributed by atoms with Crippen molar-refractivity contribution >= 4 is 5.78 Å². The van der Waals surface area contributed by atoms with Crippen LogP contribution in [0.4, 0.5) is 0 Å². The number of aromatic nitrogens is 1. The first-order valence-electron chi connectivity index (χ1n) is 11.3. The zero-order chi connectivity index (χ0) is 23.8. The van der Waals surface area contributed by atoms with Crippen LogP contribution in [0.15, 0.2) is 60.5 Å². The van der Waals surface area contributed by atoms with Crippen LogP contribution in [-0.2, 0) is 64.2 Å². The number of benzene rings is 2. The minimum atomic E-state index is 0. The molecule has 2 aromatic carbocycles. The van der Waals surface area contributed by atoms with Gasteiger partial charge < -0.3 is 27.0 Å². The van der Waals surface area contributed by atoms with E-state index >= 15 is 0 Å². The molecule has 6 heteroatoms. The van der Waals surface area contributed by atoms with E-state index in [4.69, 9.17) is 4.74 Å². The number of aliphatic hydroxyl groups is 1. The molecule has 0 saturated carbocycles. The summed E-state index contributed by atoms with van der Waals surface area (Å²) in [6.45, 7) is 8.52. The smallest absolute Gasteiger partial charge is 0.159 e. The van der Waals surface area contributed by atoms with Crippen molar-refractivity contribution in [3.05, 3.63) is 84.3 Å². The minimum Gasteiger partial charge on any atom is -0.512 e. The average Bonchev–Trinajstić information content (AvgIpc) is 2.78. The summed E-state index contributed by atoms with van der Waals surface area (Å²) in [6, 6.07) is 23.3. The van der Waals surface area contributed by atoms with Gasteiger partial charge in [-0.05, 0) is 24.0 Å². The molecule has 4 nitrogen and oxygen atoms in total. The molecular formula is C29H30IrNO3Y-3. The summed E-state index contributed by atoms with van der Waals surface area (Å²) in [7, 11) is 0. The normalized spacial score (nSPS) is 11.7. The summed E-state index contributed by atoms with van der Waals surface area (Å²) in [5.74, 6) is 1.79. The fourth-order valence-corrected chi connectivity index (χ4v) is 3.59. The van der Waals surface area contributed by atoms with Crippen LogP contribution in [0.3, 0.4) is 0 Å². The van der Waals surface area contributed by atoms with Crippen molar-refractivity contribution < 1.29 is 67.5 Å². The summed E-state index contributed by atoms with van der Waals surface area (Å²) < 4.78 is 5.80. The Balaban J connectivity index is 0.000000364. The fraction of sp³-hybridized carbons (Fsp3) is 0.310. The number of ether oxygens (including phenoxy) is 1. The Morgan fingerprint density at radius 3 is 2.43 bits per heavy atom. The second kappa shape index (κ2) is 15.5. The van der Waals surface area contributed by atoms with E-state index in [0.717, 1.165) is 33.7 Å². The Morgan fingerprint density at radius 1 is 1.06 bits per heavy atom. The third kappa shape index (κ3) is 9.39. The first-order valence-corrected chi connectivity index (χ1v) is 11.3. The average molecular weight is 722 g/mol. The van der Waals surface area contributed by atoms with Gasteiger partial charge in [-0.1, -0.05) is 27.7 Å². The molecule has 1 aromatic heterocycles. The van der Waals surface area contributed by atoms with Crippen molar-refractivity contribution in [2.45, 2.75) is 47.1 Å². The standard InChI is InChI=1S/C18H10NO.C11H20O2.Ir.Y/c1-2-6-13(7-3-1)14-8-4-9-15-16(14)12-20-17-10-5-11-19-18(15)17;1-8(2)5-10(12)7-11(13)6-9(3)4;;/h1-6,10-11H,12H2;7-9,12H,5-6H2,1-4H3;;/q-3;;;/b;10-7-;;. The van der Waals surface area contributed by atoms with E-state index in [2.05, 4.69) is 23.2 Å². The number of aliphatic hydroxyl groups excluding tert-OH is 1. The molecule has 0 saturated heterocycles. The number of carbonyl (C=O) groups excluding carboxylic acids is 1. The largest absolute Gasteiger partial charge is 0.512 e. The molecule has 0 bridgehead atoms. The third-order valence-electron chi connectivity index (χ3n) is 4.95. The topological polar surface area (TPSA) is 59.4 Å². The zero-order valence-corrected chi connectivity index (χ0v) is 25.8. The van der Waals surface area contributed by atoms with Crippen LogP contribution in [0, 0.1) is 30.0 Å². The van der Waals surface area contributed by atoms with Gasteiger partial charge in [-0.15, -0.1) is 6.07 Å². The van der Waals surface area contributed by atoms with Gasteiger partial charge in [0.1, 0.15) is 5.75 Å². The maximum atomic E-state index is 11.2. The second-order valence-corrected chi connectivity index (χ2v) is 8.87. The van der Waals surface area contributed by atoms with Crippen LogP contribution in [0.25, 0.3) is 22.4 Å². The number of carbonyl (C=O) groups is 1. The quantitative estimate of drug-likeness (QED) is 0.173. The van der Waals surface area contributed by atoms with Crippen molar-refractivity contribution in [3.63, 3.8) is 0 Å². The van der Waals surface area contributed by atoms with E-state index in [1.54, 1.807) is 6.20 Å². The molecule has 2 heterocycles. The van der Waals surface area contributed by atoms with Crippen LogP contribution in [-0.4, -0.2) is 15.9 Å². The van der Waals surface area contributed by atoms with Crippen LogP contribution in [0.1, 0.15) is 46.1 Å². The summed E-state index contributed by atoms with van der Waals surface area (Å²) in [6.07, 6.45) is 4.24. The fourth-order valence-electron chi connectivity index (χ4n) is 3.59. The van der Waals surface area contributed by atoms with Gasteiger partial charge in [-0.2, -0.15) is 17.7 Å². The molecule has 35 heavy (non-hydrogen) atoms. The Kier molecular flexibility index (Phi) is 13.9. The minimum absolute atomic E-state index is 0. The molecule has 0 fully saturated rings. The number of fused-ring (bicyclic) bond motifs is 3. The maximum Gasteiger partial charge on any atom is 0.159 e. The Labute approximate surface area is 247 Å². The molecule has 4 rings (SSSR count). The van der Waals surface area contributed by atoms with Gasteiger partial charge in [0.25, 0.3) is 0 Å². The molecule has 1 aliphatic rings. The number of hydrogen-bond acceptors (Lipinski definition) is 4. The van der Waals surface area contributed by atoms with Crippen molar-refractivity contribution in [2.75, 3.05) is 0 Å². The maximum absolute atomic E-state index is 11.2. The Bertz CT molecular complexity index is 1100. The first-order chi connectivity index (χ1) is 15.8. The van der Waals surface area contributed by atoms with Crippen LogP contribution < -0.4 is 4.74 Å². The van der Waals surface area contributed by atoms with Crippen molar-refractivity contribution in [2.24, 2.45) is 11.8 Å². The van der Waals surface area contributed by atoms with E-state index in [0.29, 0.717) is 31.3 Å². The van der Waals surface area contributed by atoms with Gasteiger partial charge in [0.2, 0.25) is 0 Å². The predicted molar refractivity (Wildman–Crippen MR) is 131 cm³/mol. The number of nitrogens with zero attached hydrogens (tertiary/aromatic N) is 1. The predicted octanol–water partition coefficient (Wildman–Crippen LogP) is 6.79. The van der Waals surface area contributed by atoms with Gasteiger partial charge in [0.15, 0.2) is 5.78 Å². The molecule has 0 amide bonds. The van der Waals surface area contributed by atoms with Crippen molar-refractivity contribution in [3.8, 4) is 28.1 Å². The van der Waals surface area contributed by atoms with E-state index in [9.17, 15) is 9.90 Å². The van der Waals surface area contributed by atoms with Crippen LogP contribution >= 0.6 is 0 Å². The monoisotopic (exact) mass is 722 g/mol. The molecule has 3 aromatic rings. The van der Waals surface area contributed by atoms with E-state index in [1.165, 1.54) is 6.08 Å². The number of hydrogen-bond donors (Lipinski definition) is 1. The molecule has 0 aliphatic carbocycles. The van der Waals surface area contributed by atoms with Crippen molar-refractivity contribution in [1.29, 1.82) is 0 Å². The van der Waals surface area contributed by atoms with Gasteiger partial charge in [0.05, 0.1) is 11.5 Å². The number of rotatable bonds is 6. The van der Waals surface area contributed by atoms with Crippen LogP contribution in [0.2, 0.25) is 0 Å². The second-order valence-electron chi connectivity index (χ2n) is 8.87. The third-order valence-corrected chi connectivity index (χ3v) is 4.95. The molecule has 0 unspecified atom stereocenters. The summed E-state index contributed by atoms with van der Waals surface area (Å²) in [4.78, 5) is 15.6. The number of allylic oxidation sites excluding steroid dienone is 2. The first kappa shape index (κ1) is 31.4. The Morgan fingerprint density at radius 2 is 1.77 bits per heavy atom. The molecular weight excluding hydrogens is 691 g/mol. The van der Waals surface area contributed by atoms with Crippen molar-refractivity contribution in [1.82, 2.24) is 4.98 Å². The Hall–Kier alpha value is -1.65.